The summed E-state index contributed by atoms with van der Waals surface area (Å²) in [6, 6.07) is 20.7. The molecule has 98 valence electrons. The molecule has 0 bridgehead atoms. The number of hydrogen-bond donors (Lipinski definition) is 1. The summed E-state index contributed by atoms with van der Waals surface area (Å²) >= 11 is 0. The molecule has 0 saturated carbocycles. The van der Waals surface area contributed by atoms with Gasteiger partial charge in [-0.2, -0.15) is 0 Å². The van der Waals surface area contributed by atoms with E-state index in [1.165, 1.54) is 11.1 Å². The second-order valence-corrected chi connectivity index (χ2v) is 4.60. The minimum absolute atomic E-state index is 0.244. The molecule has 0 saturated heterocycles. The Labute approximate surface area is 114 Å². The van der Waals surface area contributed by atoms with Crippen LogP contribution < -0.4 is 0 Å². The molecule has 0 amide bonds. The Morgan fingerprint density at radius 1 is 0.947 bits per heavy atom. The summed E-state index contributed by atoms with van der Waals surface area (Å²) in [6.45, 7) is 2.02. The molecule has 0 fully saturated rings. The van der Waals surface area contributed by atoms with Crippen molar-refractivity contribution in [1.29, 1.82) is 0 Å². The standard InChI is InChI=1S/C17H19NO/c1-2-16(18-19)13-17(14-9-5-3-6-10-14)15-11-7-4-8-12-15/h3-12,17,19H,2,13H2,1H3/b18-16-. The first-order chi connectivity index (χ1) is 9.35. The Hall–Kier alpha value is -2.09. The van der Waals surface area contributed by atoms with E-state index < -0.39 is 0 Å². The Balaban J connectivity index is 2.34. The summed E-state index contributed by atoms with van der Waals surface area (Å²) in [5, 5.41) is 12.5. The molecule has 0 aliphatic rings. The zero-order valence-electron chi connectivity index (χ0n) is 11.2. The summed E-state index contributed by atoms with van der Waals surface area (Å²) in [5.74, 6) is 0.244. The van der Waals surface area contributed by atoms with E-state index in [1.807, 2.05) is 43.3 Å². The maximum Gasteiger partial charge on any atom is 0.0577 e. The van der Waals surface area contributed by atoms with Crippen molar-refractivity contribution in [3.8, 4) is 0 Å². The van der Waals surface area contributed by atoms with Gasteiger partial charge in [0, 0.05) is 5.92 Å². The van der Waals surface area contributed by atoms with Crippen LogP contribution in [0.2, 0.25) is 0 Å². The first-order valence-corrected chi connectivity index (χ1v) is 6.64. The quantitative estimate of drug-likeness (QED) is 0.476. The van der Waals surface area contributed by atoms with Crippen LogP contribution in [0.25, 0.3) is 0 Å². The predicted molar refractivity (Wildman–Crippen MR) is 78.9 cm³/mol. The van der Waals surface area contributed by atoms with Gasteiger partial charge in [-0.3, -0.25) is 0 Å². The van der Waals surface area contributed by atoms with Crippen LogP contribution in [0.3, 0.4) is 0 Å². The molecule has 2 rings (SSSR count). The predicted octanol–water partition coefficient (Wildman–Crippen LogP) is 4.45. The highest BCUT2D eigenvalue weighted by Crippen LogP contribution is 2.28. The smallest absolute Gasteiger partial charge is 0.0577 e. The van der Waals surface area contributed by atoms with E-state index in [9.17, 15) is 0 Å². The van der Waals surface area contributed by atoms with Gasteiger partial charge in [0.1, 0.15) is 0 Å². The highest BCUT2D eigenvalue weighted by molar-refractivity contribution is 5.84. The molecule has 0 unspecified atom stereocenters. The lowest BCUT2D eigenvalue weighted by Crippen LogP contribution is -2.08. The first-order valence-electron chi connectivity index (χ1n) is 6.64. The fourth-order valence-corrected chi connectivity index (χ4v) is 2.29. The summed E-state index contributed by atoms with van der Waals surface area (Å²) in [5.41, 5.74) is 3.34. The third kappa shape index (κ3) is 3.44. The highest BCUT2D eigenvalue weighted by Gasteiger charge is 2.16. The van der Waals surface area contributed by atoms with Crippen molar-refractivity contribution in [2.24, 2.45) is 5.16 Å². The highest BCUT2D eigenvalue weighted by atomic mass is 16.4. The van der Waals surface area contributed by atoms with Gasteiger partial charge < -0.3 is 5.21 Å². The molecule has 0 heterocycles. The van der Waals surface area contributed by atoms with E-state index in [1.54, 1.807) is 0 Å². The largest absolute Gasteiger partial charge is 0.411 e. The molecule has 2 aromatic rings. The van der Waals surface area contributed by atoms with Gasteiger partial charge in [0.05, 0.1) is 5.71 Å². The van der Waals surface area contributed by atoms with Crippen molar-refractivity contribution in [3.05, 3.63) is 71.8 Å². The SMILES string of the molecule is CC/C(CC(c1ccccc1)c1ccccc1)=N/O. The molecular formula is C17H19NO. The Morgan fingerprint density at radius 2 is 1.42 bits per heavy atom. The van der Waals surface area contributed by atoms with Gasteiger partial charge in [0.25, 0.3) is 0 Å². The van der Waals surface area contributed by atoms with Gasteiger partial charge in [0.2, 0.25) is 0 Å². The van der Waals surface area contributed by atoms with Crippen LogP contribution in [-0.4, -0.2) is 10.9 Å². The van der Waals surface area contributed by atoms with Crippen molar-refractivity contribution in [2.75, 3.05) is 0 Å². The molecule has 0 aliphatic heterocycles. The van der Waals surface area contributed by atoms with Gasteiger partial charge in [-0.25, -0.2) is 0 Å². The molecule has 1 N–H and O–H groups in total. The summed E-state index contributed by atoms with van der Waals surface area (Å²) in [6.07, 6.45) is 1.52. The van der Waals surface area contributed by atoms with E-state index in [4.69, 9.17) is 5.21 Å². The number of rotatable bonds is 5. The molecule has 0 aromatic heterocycles. The average Bonchev–Trinajstić information content (AvgIpc) is 2.50. The lowest BCUT2D eigenvalue weighted by Gasteiger charge is -2.18. The van der Waals surface area contributed by atoms with Crippen molar-refractivity contribution in [1.82, 2.24) is 0 Å². The van der Waals surface area contributed by atoms with E-state index in [2.05, 4.69) is 29.4 Å². The van der Waals surface area contributed by atoms with E-state index >= 15 is 0 Å². The molecule has 2 nitrogen and oxygen atoms in total. The van der Waals surface area contributed by atoms with Gasteiger partial charge in [0.15, 0.2) is 0 Å². The third-order valence-corrected chi connectivity index (χ3v) is 3.39. The third-order valence-electron chi connectivity index (χ3n) is 3.39. The maximum absolute atomic E-state index is 9.06. The lowest BCUT2D eigenvalue weighted by atomic mass is 9.86. The monoisotopic (exact) mass is 253 g/mol. The topological polar surface area (TPSA) is 32.6 Å². The van der Waals surface area contributed by atoms with Crippen LogP contribution in [0, 0.1) is 0 Å². The molecule has 2 heteroatoms. The fourth-order valence-electron chi connectivity index (χ4n) is 2.29. The van der Waals surface area contributed by atoms with Gasteiger partial charge in [-0.1, -0.05) is 72.7 Å². The van der Waals surface area contributed by atoms with Crippen LogP contribution >= 0.6 is 0 Å². The minimum atomic E-state index is 0.244. The Morgan fingerprint density at radius 3 is 1.79 bits per heavy atom. The van der Waals surface area contributed by atoms with Crippen LogP contribution in [0.5, 0.6) is 0 Å². The van der Waals surface area contributed by atoms with Crippen LogP contribution in [0.15, 0.2) is 65.8 Å². The number of nitrogens with zero attached hydrogens (tertiary/aromatic N) is 1. The van der Waals surface area contributed by atoms with Crippen LogP contribution in [0.1, 0.15) is 36.8 Å². The minimum Gasteiger partial charge on any atom is -0.411 e. The zero-order chi connectivity index (χ0) is 13.5. The molecule has 2 aromatic carbocycles. The lowest BCUT2D eigenvalue weighted by molar-refractivity contribution is 0.316. The van der Waals surface area contributed by atoms with Gasteiger partial charge >= 0.3 is 0 Å². The second kappa shape index (κ2) is 6.74. The summed E-state index contributed by atoms with van der Waals surface area (Å²) < 4.78 is 0. The van der Waals surface area contributed by atoms with Crippen molar-refractivity contribution in [2.45, 2.75) is 25.7 Å². The molecule has 19 heavy (non-hydrogen) atoms. The average molecular weight is 253 g/mol. The van der Waals surface area contributed by atoms with Gasteiger partial charge in [-0.15, -0.1) is 0 Å². The van der Waals surface area contributed by atoms with Crippen LogP contribution in [0.4, 0.5) is 0 Å². The van der Waals surface area contributed by atoms with Crippen molar-refractivity contribution >= 4 is 5.71 Å². The van der Waals surface area contributed by atoms with E-state index in [0.29, 0.717) is 0 Å². The van der Waals surface area contributed by atoms with E-state index in [0.717, 1.165) is 18.6 Å². The number of benzene rings is 2. The Bertz CT molecular complexity index is 480. The second-order valence-electron chi connectivity index (χ2n) is 4.60. The van der Waals surface area contributed by atoms with Crippen molar-refractivity contribution in [3.63, 3.8) is 0 Å². The first kappa shape index (κ1) is 13.3. The van der Waals surface area contributed by atoms with Crippen LogP contribution in [-0.2, 0) is 0 Å². The van der Waals surface area contributed by atoms with Crippen molar-refractivity contribution < 1.29 is 5.21 Å². The molecule has 0 spiro atoms. The fraction of sp³-hybridized carbons (Fsp3) is 0.235. The summed E-state index contributed by atoms with van der Waals surface area (Å²) in [7, 11) is 0. The number of hydrogen-bond acceptors (Lipinski definition) is 2. The van der Waals surface area contributed by atoms with E-state index in [-0.39, 0.29) is 5.92 Å². The molecule has 0 atom stereocenters. The summed E-state index contributed by atoms with van der Waals surface area (Å²) in [4.78, 5) is 0. The van der Waals surface area contributed by atoms with Gasteiger partial charge in [-0.05, 0) is 24.0 Å². The molecule has 0 aliphatic carbocycles. The normalized spacial score (nSPS) is 11.8. The number of oxime groups is 1. The Kier molecular flexibility index (Phi) is 4.73. The molecular weight excluding hydrogens is 234 g/mol. The molecule has 0 radical (unpaired) electrons. The zero-order valence-corrected chi connectivity index (χ0v) is 11.2. The maximum atomic E-state index is 9.06.